The van der Waals surface area contributed by atoms with E-state index in [-0.39, 0.29) is 5.54 Å². The minimum absolute atomic E-state index is 0.272. The van der Waals surface area contributed by atoms with Crippen LogP contribution >= 0.6 is 0 Å². The van der Waals surface area contributed by atoms with Gasteiger partial charge in [-0.15, -0.1) is 0 Å². The molecule has 2 aliphatic rings. The molecule has 0 aromatic heterocycles. The summed E-state index contributed by atoms with van der Waals surface area (Å²) in [4.78, 5) is 2.78. The van der Waals surface area contributed by atoms with Crippen LogP contribution in [0.25, 0.3) is 0 Å². The van der Waals surface area contributed by atoms with Gasteiger partial charge in [-0.3, -0.25) is 10.2 Å². The molecule has 2 fully saturated rings. The van der Waals surface area contributed by atoms with Gasteiger partial charge in [-0.1, -0.05) is 33.6 Å². The first kappa shape index (κ1) is 16.8. The summed E-state index contributed by atoms with van der Waals surface area (Å²) >= 11 is 0. The van der Waals surface area contributed by atoms with Crippen LogP contribution in [-0.4, -0.2) is 35.6 Å². The molecule has 0 saturated heterocycles. The summed E-state index contributed by atoms with van der Waals surface area (Å²) in [5.41, 5.74) is -0.272. The van der Waals surface area contributed by atoms with Crippen molar-refractivity contribution in [1.29, 1.82) is 5.26 Å². The quantitative estimate of drug-likeness (QED) is 0.811. The van der Waals surface area contributed by atoms with Crippen LogP contribution in [0.2, 0.25) is 0 Å². The van der Waals surface area contributed by atoms with Crippen molar-refractivity contribution in [1.82, 2.24) is 10.2 Å². The Hall–Kier alpha value is -0.590. The second-order valence-electron chi connectivity index (χ2n) is 7.50. The van der Waals surface area contributed by atoms with Gasteiger partial charge in [0.15, 0.2) is 0 Å². The van der Waals surface area contributed by atoms with Crippen LogP contribution in [0, 0.1) is 17.2 Å². The molecule has 0 heterocycles. The molecule has 2 saturated carbocycles. The van der Waals surface area contributed by atoms with Gasteiger partial charge < -0.3 is 0 Å². The monoisotopic (exact) mass is 291 g/mol. The number of hydrogen-bond acceptors (Lipinski definition) is 3. The summed E-state index contributed by atoms with van der Waals surface area (Å²) in [7, 11) is 0. The van der Waals surface area contributed by atoms with Gasteiger partial charge in [-0.25, -0.2) is 0 Å². The Morgan fingerprint density at radius 1 is 1.19 bits per heavy atom. The maximum Gasteiger partial charge on any atom is 0.108 e. The lowest BCUT2D eigenvalue weighted by molar-refractivity contribution is 0.0700. The molecule has 2 unspecified atom stereocenters. The van der Waals surface area contributed by atoms with E-state index in [0.29, 0.717) is 12.0 Å². The molecule has 0 bridgehead atoms. The van der Waals surface area contributed by atoms with E-state index in [4.69, 9.17) is 0 Å². The van der Waals surface area contributed by atoms with E-state index in [2.05, 4.69) is 37.1 Å². The minimum Gasteiger partial charge on any atom is -0.300 e. The number of hydrogen-bond donors (Lipinski definition) is 1. The van der Waals surface area contributed by atoms with E-state index in [1.807, 2.05) is 0 Å². The third-order valence-corrected chi connectivity index (χ3v) is 5.29. The van der Waals surface area contributed by atoms with Crippen molar-refractivity contribution in [3.63, 3.8) is 0 Å². The lowest BCUT2D eigenvalue weighted by Gasteiger charge is -2.44. The van der Waals surface area contributed by atoms with E-state index < -0.39 is 0 Å². The van der Waals surface area contributed by atoms with Gasteiger partial charge in [0.1, 0.15) is 5.54 Å². The molecule has 3 heteroatoms. The van der Waals surface area contributed by atoms with Crippen LogP contribution in [0.1, 0.15) is 72.1 Å². The van der Waals surface area contributed by atoms with Gasteiger partial charge in [0.2, 0.25) is 0 Å². The number of rotatable bonds is 6. The zero-order valence-corrected chi connectivity index (χ0v) is 14.2. The Kier molecular flexibility index (Phi) is 6.08. The SMILES string of the molecule is CCNC1(C#N)CCCC(N(CC(C)C)C2CCCC2)C1. The molecule has 2 rings (SSSR count). The number of nitrogens with one attached hydrogen (secondary N) is 1. The smallest absolute Gasteiger partial charge is 0.108 e. The normalized spacial score (nSPS) is 31.0. The Balaban J connectivity index is 2.09. The van der Waals surface area contributed by atoms with Crippen molar-refractivity contribution in [2.45, 2.75) is 89.8 Å². The molecule has 2 atom stereocenters. The molecule has 0 radical (unpaired) electrons. The Bertz CT molecular complexity index is 350. The van der Waals surface area contributed by atoms with Crippen LogP contribution in [0.4, 0.5) is 0 Å². The largest absolute Gasteiger partial charge is 0.300 e. The molecular formula is C18H33N3. The van der Waals surface area contributed by atoms with Gasteiger partial charge in [0.25, 0.3) is 0 Å². The maximum absolute atomic E-state index is 9.69. The van der Waals surface area contributed by atoms with Crippen LogP contribution in [0.3, 0.4) is 0 Å². The zero-order valence-electron chi connectivity index (χ0n) is 14.2. The topological polar surface area (TPSA) is 39.1 Å². The van der Waals surface area contributed by atoms with E-state index in [1.54, 1.807) is 0 Å². The van der Waals surface area contributed by atoms with Crippen LogP contribution < -0.4 is 5.32 Å². The van der Waals surface area contributed by atoms with Crippen LogP contribution in [0.5, 0.6) is 0 Å². The minimum atomic E-state index is -0.272. The Morgan fingerprint density at radius 3 is 2.43 bits per heavy atom. The predicted octanol–water partition coefficient (Wildman–Crippen LogP) is 3.70. The fourth-order valence-corrected chi connectivity index (χ4v) is 4.42. The summed E-state index contributed by atoms with van der Waals surface area (Å²) in [6, 6.07) is 3.98. The fraction of sp³-hybridized carbons (Fsp3) is 0.944. The molecule has 0 spiro atoms. The number of nitrogens with zero attached hydrogens (tertiary/aromatic N) is 2. The molecular weight excluding hydrogens is 258 g/mol. The third-order valence-electron chi connectivity index (χ3n) is 5.29. The van der Waals surface area contributed by atoms with E-state index in [9.17, 15) is 5.26 Å². The van der Waals surface area contributed by atoms with Crippen molar-refractivity contribution in [3.05, 3.63) is 0 Å². The molecule has 3 nitrogen and oxygen atoms in total. The van der Waals surface area contributed by atoms with Crippen molar-refractivity contribution >= 4 is 0 Å². The van der Waals surface area contributed by atoms with Gasteiger partial charge in [-0.2, -0.15) is 5.26 Å². The summed E-state index contributed by atoms with van der Waals surface area (Å²) in [6.07, 6.45) is 10.0. The highest BCUT2D eigenvalue weighted by molar-refractivity contribution is 5.11. The first-order chi connectivity index (χ1) is 10.1. The van der Waals surface area contributed by atoms with Crippen LogP contribution in [-0.2, 0) is 0 Å². The molecule has 0 aliphatic heterocycles. The van der Waals surface area contributed by atoms with E-state index >= 15 is 0 Å². The lowest BCUT2D eigenvalue weighted by atomic mass is 9.78. The van der Waals surface area contributed by atoms with Crippen molar-refractivity contribution in [2.75, 3.05) is 13.1 Å². The lowest BCUT2D eigenvalue weighted by Crippen LogP contribution is -2.55. The summed E-state index contributed by atoms with van der Waals surface area (Å²) in [6.45, 7) is 8.86. The molecule has 0 amide bonds. The summed E-state index contributed by atoms with van der Waals surface area (Å²) in [5, 5.41) is 13.2. The van der Waals surface area contributed by atoms with E-state index in [0.717, 1.165) is 25.4 Å². The highest BCUT2D eigenvalue weighted by Gasteiger charge is 2.40. The second-order valence-corrected chi connectivity index (χ2v) is 7.50. The standard InChI is InChI=1S/C18H33N3/c1-4-20-18(14-19)11-7-10-17(12-18)21(13-15(2)3)16-8-5-6-9-16/h15-17,20H,4-13H2,1-3H3. The average Bonchev–Trinajstić information content (AvgIpc) is 2.99. The fourth-order valence-electron chi connectivity index (χ4n) is 4.42. The van der Waals surface area contributed by atoms with Gasteiger partial charge in [0.05, 0.1) is 6.07 Å². The maximum atomic E-state index is 9.69. The summed E-state index contributed by atoms with van der Waals surface area (Å²) in [5.74, 6) is 0.711. The van der Waals surface area contributed by atoms with Gasteiger partial charge in [-0.05, 0) is 51.0 Å². The van der Waals surface area contributed by atoms with Crippen molar-refractivity contribution < 1.29 is 0 Å². The van der Waals surface area contributed by atoms with Crippen LogP contribution in [0.15, 0.2) is 0 Å². The first-order valence-corrected chi connectivity index (χ1v) is 9.02. The molecule has 0 aromatic carbocycles. The molecule has 1 N–H and O–H groups in total. The zero-order chi connectivity index (χ0) is 15.3. The molecule has 0 aromatic rings. The third kappa shape index (κ3) is 4.20. The number of nitriles is 1. The van der Waals surface area contributed by atoms with Crippen molar-refractivity contribution in [3.8, 4) is 6.07 Å². The average molecular weight is 291 g/mol. The Morgan fingerprint density at radius 2 is 1.86 bits per heavy atom. The van der Waals surface area contributed by atoms with Crippen molar-refractivity contribution in [2.24, 2.45) is 5.92 Å². The van der Waals surface area contributed by atoms with Gasteiger partial charge in [0, 0.05) is 18.6 Å². The van der Waals surface area contributed by atoms with E-state index in [1.165, 1.54) is 45.1 Å². The molecule has 2 aliphatic carbocycles. The highest BCUT2D eigenvalue weighted by atomic mass is 15.2. The van der Waals surface area contributed by atoms with Gasteiger partial charge >= 0.3 is 0 Å². The molecule has 120 valence electrons. The predicted molar refractivity (Wildman–Crippen MR) is 88.1 cm³/mol. The Labute approximate surface area is 131 Å². The summed E-state index contributed by atoms with van der Waals surface area (Å²) < 4.78 is 0. The first-order valence-electron chi connectivity index (χ1n) is 9.02. The second kappa shape index (κ2) is 7.61. The highest BCUT2D eigenvalue weighted by Crippen LogP contribution is 2.35. The molecule has 21 heavy (non-hydrogen) atoms.